The number of likely N-dealkylation sites (tertiary alicyclic amines) is 1. The van der Waals surface area contributed by atoms with E-state index in [0.29, 0.717) is 10.5 Å². The summed E-state index contributed by atoms with van der Waals surface area (Å²) in [5.41, 5.74) is 0.691. The average Bonchev–Trinajstić information content (AvgIpc) is 2.81. The third kappa shape index (κ3) is 2.93. The zero-order chi connectivity index (χ0) is 13.9. The molecule has 104 valence electrons. The van der Waals surface area contributed by atoms with Crippen molar-refractivity contribution in [3.05, 3.63) is 40.6 Å². The zero-order valence-corrected chi connectivity index (χ0v) is 11.8. The lowest BCUT2D eigenvalue weighted by Gasteiger charge is -2.27. The topological polar surface area (TPSA) is 32.7 Å². The number of amides is 1. The minimum atomic E-state index is -0.299. The molecule has 0 saturated carbocycles. The van der Waals surface area contributed by atoms with E-state index in [1.807, 2.05) is 0 Å². The third-order valence-corrected chi connectivity index (χ3v) is 4.43. The molecule has 1 aromatic rings. The molecular formula is C15H15FN2OS. The average molecular weight is 290 g/mol. The number of nitrogens with zero attached hydrogens (tertiary/aromatic N) is 2. The molecule has 0 N–H and O–H groups in total. The van der Waals surface area contributed by atoms with Gasteiger partial charge in [0.25, 0.3) is 5.91 Å². The smallest absolute Gasteiger partial charge is 0.286 e. The molecule has 0 aromatic heterocycles. The van der Waals surface area contributed by atoms with Crippen molar-refractivity contribution in [2.24, 2.45) is 4.99 Å². The number of thioether (sulfide) groups is 1. The molecule has 1 amide bonds. The first-order chi connectivity index (χ1) is 9.72. The molecule has 1 saturated heterocycles. The van der Waals surface area contributed by atoms with E-state index in [1.165, 1.54) is 30.3 Å². The number of carbonyl (C=O) groups is 1. The molecule has 0 atom stereocenters. The van der Waals surface area contributed by atoms with Gasteiger partial charge in [-0.3, -0.25) is 4.79 Å². The molecular weight excluding hydrogens is 275 g/mol. The molecule has 0 bridgehead atoms. The highest BCUT2D eigenvalue weighted by Crippen LogP contribution is 2.31. The molecule has 5 heteroatoms. The minimum absolute atomic E-state index is 0.222. The van der Waals surface area contributed by atoms with Crippen molar-refractivity contribution in [1.29, 1.82) is 0 Å². The van der Waals surface area contributed by atoms with Crippen molar-refractivity contribution in [3.63, 3.8) is 0 Å². The summed E-state index contributed by atoms with van der Waals surface area (Å²) in [6, 6.07) is 6.22. The Balaban J connectivity index is 1.76. The molecule has 3 nitrogen and oxygen atoms in total. The first kappa shape index (κ1) is 13.4. The molecule has 2 aliphatic heterocycles. The number of piperidine rings is 1. The van der Waals surface area contributed by atoms with Crippen LogP contribution >= 0.6 is 11.8 Å². The standard InChI is InChI=1S/C15H15FN2OS/c16-12-6-4-5-11(9-12)10-13-14(19)17-15(20-13)18-7-2-1-3-8-18/h4-6,9-10H,1-3,7-8H2/b13-10-. The lowest BCUT2D eigenvalue weighted by molar-refractivity contribution is -0.113. The zero-order valence-electron chi connectivity index (χ0n) is 11.0. The van der Waals surface area contributed by atoms with E-state index in [4.69, 9.17) is 0 Å². The molecule has 0 spiro atoms. The van der Waals surface area contributed by atoms with E-state index in [0.717, 1.165) is 31.1 Å². The monoisotopic (exact) mass is 290 g/mol. The minimum Gasteiger partial charge on any atom is -0.351 e. The van der Waals surface area contributed by atoms with Gasteiger partial charge in [0.15, 0.2) is 5.17 Å². The number of benzene rings is 1. The van der Waals surface area contributed by atoms with Gasteiger partial charge in [-0.1, -0.05) is 12.1 Å². The molecule has 1 aromatic carbocycles. The highest BCUT2D eigenvalue weighted by atomic mass is 32.2. The van der Waals surface area contributed by atoms with Gasteiger partial charge in [0.2, 0.25) is 0 Å². The van der Waals surface area contributed by atoms with Crippen molar-refractivity contribution in [1.82, 2.24) is 4.90 Å². The van der Waals surface area contributed by atoms with Gasteiger partial charge in [-0.2, -0.15) is 4.99 Å². The maximum Gasteiger partial charge on any atom is 0.286 e. The van der Waals surface area contributed by atoms with E-state index in [-0.39, 0.29) is 11.7 Å². The summed E-state index contributed by atoms with van der Waals surface area (Å²) < 4.78 is 13.1. The van der Waals surface area contributed by atoms with Gasteiger partial charge in [0, 0.05) is 13.1 Å². The van der Waals surface area contributed by atoms with E-state index in [1.54, 1.807) is 18.2 Å². The molecule has 0 radical (unpaired) electrons. The summed E-state index contributed by atoms with van der Waals surface area (Å²) >= 11 is 1.39. The highest BCUT2D eigenvalue weighted by Gasteiger charge is 2.26. The Labute approximate surface area is 121 Å². The molecule has 2 heterocycles. The largest absolute Gasteiger partial charge is 0.351 e. The number of hydrogen-bond acceptors (Lipinski definition) is 3. The molecule has 20 heavy (non-hydrogen) atoms. The number of amidine groups is 1. The van der Waals surface area contributed by atoms with Crippen molar-refractivity contribution >= 4 is 28.9 Å². The van der Waals surface area contributed by atoms with Crippen LogP contribution < -0.4 is 0 Å². The van der Waals surface area contributed by atoms with Crippen molar-refractivity contribution in [2.75, 3.05) is 13.1 Å². The number of hydrogen-bond donors (Lipinski definition) is 0. The lowest BCUT2D eigenvalue weighted by atomic mass is 10.1. The maximum absolute atomic E-state index is 13.1. The number of halogens is 1. The quantitative estimate of drug-likeness (QED) is 0.744. The predicted octanol–water partition coefficient (Wildman–Crippen LogP) is 3.28. The van der Waals surface area contributed by atoms with Crippen LogP contribution in [0.25, 0.3) is 6.08 Å². The Morgan fingerprint density at radius 3 is 2.80 bits per heavy atom. The van der Waals surface area contributed by atoms with Crippen LogP contribution in [0.15, 0.2) is 34.2 Å². The summed E-state index contributed by atoms with van der Waals surface area (Å²) in [6.45, 7) is 1.93. The van der Waals surface area contributed by atoms with E-state index >= 15 is 0 Å². The number of rotatable bonds is 1. The van der Waals surface area contributed by atoms with Crippen molar-refractivity contribution < 1.29 is 9.18 Å². The van der Waals surface area contributed by atoms with E-state index in [9.17, 15) is 9.18 Å². The van der Waals surface area contributed by atoms with Crippen molar-refractivity contribution in [3.8, 4) is 0 Å². The van der Waals surface area contributed by atoms with Crippen molar-refractivity contribution in [2.45, 2.75) is 19.3 Å². The van der Waals surface area contributed by atoms with Crippen LogP contribution in [0.5, 0.6) is 0 Å². The van der Waals surface area contributed by atoms with Crippen LogP contribution in [0.1, 0.15) is 24.8 Å². The van der Waals surface area contributed by atoms with Crippen LogP contribution in [0.3, 0.4) is 0 Å². The van der Waals surface area contributed by atoms with Gasteiger partial charge in [0.1, 0.15) is 5.82 Å². The molecule has 2 aliphatic rings. The second-order valence-corrected chi connectivity index (χ2v) is 5.92. The SMILES string of the molecule is O=C1N=C(N2CCCCC2)S/C1=C\c1cccc(F)c1. The lowest BCUT2D eigenvalue weighted by Crippen LogP contribution is -2.33. The summed E-state index contributed by atoms with van der Waals surface area (Å²) in [5.74, 6) is -0.521. The fraction of sp³-hybridized carbons (Fsp3) is 0.333. The Morgan fingerprint density at radius 2 is 2.05 bits per heavy atom. The second-order valence-electron chi connectivity index (χ2n) is 4.91. The number of carbonyl (C=O) groups excluding carboxylic acids is 1. The summed E-state index contributed by atoms with van der Waals surface area (Å²) in [6.07, 6.45) is 5.25. The Morgan fingerprint density at radius 1 is 1.25 bits per heavy atom. The molecule has 1 fully saturated rings. The van der Waals surface area contributed by atoms with Gasteiger partial charge < -0.3 is 4.90 Å². The first-order valence-electron chi connectivity index (χ1n) is 6.75. The van der Waals surface area contributed by atoms with Gasteiger partial charge >= 0.3 is 0 Å². The van der Waals surface area contributed by atoms with E-state index < -0.39 is 0 Å². The summed E-state index contributed by atoms with van der Waals surface area (Å²) in [5, 5.41) is 0.789. The van der Waals surface area contributed by atoms with Crippen LogP contribution in [0.4, 0.5) is 4.39 Å². The molecule has 0 aliphatic carbocycles. The fourth-order valence-corrected chi connectivity index (χ4v) is 3.33. The van der Waals surface area contributed by atoms with Crippen LogP contribution in [-0.4, -0.2) is 29.1 Å². The highest BCUT2D eigenvalue weighted by molar-refractivity contribution is 8.18. The second kappa shape index (κ2) is 5.79. The van der Waals surface area contributed by atoms with Gasteiger partial charge in [-0.05, 0) is 54.8 Å². The maximum atomic E-state index is 13.1. The van der Waals surface area contributed by atoms with Gasteiger partial charge in [-0.15, -0.1) is 0 Å². The first-order valence-corrected chi connectivity index (χ1v) is 7.57. The predicted molar refractivity (Wildman–Crippen MR) is 79.8 cm³/mol. The molecule has 0 unspecified atom stereocenters. The number of aliphatic imine (C=N–C) groups is 1. The summed E-state index contributed by atoms with van der Waals surface area (Å²) in [4.78, 5) is 18.8. The Kier molecular flexibility index (Phi) is 3.87. The van der Waals surface area contributed by atoms with Gasteiger partial charge in [-0.25, -0.2) is 4.39 Å². The fourth-order valence-electron chi connectivity index (χ4n) is 2.37. The van der Waals surface area contributed by atoms with Gasteiger partial charge in [0.05, 0.1) is 4.91 Å². The Bertz CT molecular complexity index is 591. The van der Waals surface area contributed by atoms with E-state index in [2.05, 4.69) is 9.89 Å². The Hall–Kier alpha value is -1.62. The summed E-state index contributed by atoms with van der Waals surface area (Å²) in [7, 11) is 0. The molecule has 3 rings (SSSR count). The van der Waals surface area contributed by atoms with Crippen LogP contribution in [0.2, 0.25) is 0 Å². The normalized spacial score (nSPS) is 21.4. The van der Waals surface area contributed by atoms with Crippen LogP contribution in [0, 0.1) is 5.82 Å². The van der Waals surface area contributed by atoms with Crippen LogP contribution in [-0.2, 0) is 4.79 Å². The third-order valence-electron chi connectivity index (χ3n) is 3.38.